The minimum atomic E-state index is -0.187. The van der Waals surface area contributed by atoms with Crippen molar-refractivity contribution in [1.82, 2.24) is 19.9 Å². The van der Waals surface area contributed by atoms with Crippen LogP contribution in [-0.4, -0.2) is 35.3 Å². The van der Waals surface area contributed by atoms with Crippen LogP contribution in [0.5, 0.6) is 11.5 Å². The summed E-state index contributed by atoms with van der Waals surface area (Å²) in [6.45, 7) is 3.54. The van der Waals surface area contributed by atoms with E-state index in [9.17, 15) is 14.7 Å². The van der Waals surface area contributed by atoms with Crippen LogP contribution in [0.15, 0.2) is 68.4 Å². The van der Waals surface area contributed by atoms with Crippen LogP contribution < -0.4 is 15.9 Å². The van der Waals surface area contributed by atoms with Crippen molar-refractivity contribution >= 4 is 97.2 Å². The Morgan fingerprint density at radius 2 is 1.29 bits per heavy atom. The number of hydrogen-bond donors (Lipinski definition) is 3. The van der Waals surface area contributed by atoms with Crippen molar-refractivity contribution < 1.29 is 9.84 Å². The van der Waals surface area contributed by atoms with Crippen LogP contribution in [0.3, 0.4) is 0 Å². The van der Waals surface area contributed by atoms with E-state index in [0.717, 1.165) is 11.3 Å². The number of rotatable bonds is 7. The standard InChI is InChI=1S/C13H13ClN2O2S.C12H11ClN2O2S.BBr3/c1-8-6-12(17)16-13(15-8)19-7-9-10(14)4-3-5-11(9)18-2;1-7-5-11(17)15-12(14-7)18-6-8-9(13)3-2-4-10(8)16;2-1(3)4/h3-6H,7H2,1-2H3,(H,15,16,17);2-5,16H,6H2,1H3,(H,14,15,17);. The number of benzene rings is 2. The van der Waals surface area contributed by atoms with E-state index in [1.54, 1.807) is 39.2 Å². The molecule has 3 N–H and O–H groups in total. The molecule has 8 nitrogen and oxygen atoms in total. The van der Waals surface area contributed by atoms with Crippen LogP contribution in [0.4, 0.5) is 0 Å². The molecule has 0 fully saturated rings. The number of methoxy groups -OCH3 is 1. The van der Waals surface area contributed by atoms with Gasteiger partial charge in [-0.2, -0.15) is 0 Å². The smallest absolute Gasteiger partial charge is 0.369 e. The van der Waals surface area contributed by atoms with Crippen molar-refractivity contribution in [2.75, 3.05) is 7.11 Å². The van der Waals surface area contributed by atoms with Crippen LogP contribution >= 0.6 is 94.0 Å². The highest BCUT2D eigenvalue weighted by Gasteiger charge is 2.10. The molecule has 41 heavy (non-hydrogen) atoms. The molecular weight excluding hydrogens is 806 g/mol. The summed E-state index contributed by atoms with van der Waals surface area (Å²) < 4.78 is 5.54. The molecule has 0 bridgehead atoms. The molecule has 0 amide bonds. The van der Waals surface area contributed by atoms with E-state index in [1.165, 1.54) is 35.7 Å². The molecule has 0 aliphatic heterocycles. The fourth-order valence-corrected chi connectivity index (χ4v) is 5.63. The van der Waals surface area contributed by atoms with E-state index in [1.807, 2.05) is 18.2 Å². The predicted molar refractivity (Wildman–Crippen MR) is 182 cm³/mol. The first-order valence-electron chi connectivity index (χ1n) is 11.5. The van der Waals surface area contributed by atoms with Gasteiger partial charge in [0.2, 0.25) is 0 Å². The van der Waals surface area contributed by atoms with Crippen molar-refractivity contribution in [1.29, 1.82) is 0 Å². The van der Waals surface area contributed by atoms with Crippen molar-refractivity contribution in [2.24, 2.45) is 0 Å². The minimum absolute atomic E-state index is 0.144. The number of aromatic amines is 2. The number of aromatic hydroxyl groups is 1. The zero-order valence-corrected chi connectivity index (χ0v) is 29.8. The first-order valence-corrected chi connectivity index (χ1v) is 17.0. The van der Waals surface area contributed by atoms with Gasteiger partial charge in [0.15, 0.2) is 10.3 Å². The average Bonchev–Trinajstić information content (AvgIpc) is 2.86. The van der Waals surface area contributed by atoms with Gasteiger partial charge in [0.05, 0.1) is 7.11 Å². The summed E-state index contributed by atoms with van der Waals surface area (Å²) in [5.74, 6) is 1.90. The van der Waals surface area contributed by atoms with Gasteiger partial charge in [-0.05, 0) is 38.1 Å². The van der Waals surface area contributed by atoms with Crippen LogP contribution in [0.2, 0.25) is 10.0 Å². The number of nitrogens with zero attached hydrogens (tertiary/aromatic N) is 2. The third kappa shape index (κ3) is 13.2. The van der Waals surface area contributed by atoms with Gasteiger partial charge >= 0.3 is 3.18 Å². The number of aromatic nitrogens is 4. The van der Waals surface area contributed by atoms with E-state index in [2.05, 4.69) is 67.2 Å². The topological polar surface area (TPSA) is 121 Å². The summed E-state index contributed by atoms with van der Waals surface area (Å²) in [5.41, 5.74) is 2.53. The molecule has 0 aliphatic carbocycles. The number of halogens is 5. The fraction of sp³-hybridized carbons (Fsp3) is 0.200. The lowest BCUT2D eigenvalue weighted by molar-refractivity contribution is 0.411. The van der Waals surface area contributed by atoms with Gasteiger partial charge in [-0.25, -0.2) is 9.97 Å². The normalized spacial score (nSPS) is 10.1. The van der Waals surface area contributed by atoms with Crippen molar-refractivity contribution in [3.05, 3.63) is 102 Å². The van der Waals surface area contributed by atoms with Gasteiger partial charge in [0, 0.05) is 56.2 Å². The second kappa shape index (κ2) is 18.3. The maximum absolute atomic E-state index is 11.4. The average molecular weight is 830 g/mol. The third-order valence-electron chi connectivity index (χ3n) is 4.79. The van der Waals surface area contributed by atoms with Crippen molar-refractivity contribution in [3.63, 3.8) is 0 Å². The van der Waals surface area contributed by atoms with Crippen LogP contribution in [-0.2, 0) is 11.5 Å². The van der Waals surface area contributed by atoms with Crippen LogP contribution in [0, 0.1) is 13.8 Å². The van der Waals surface area contributed by atoms with Gasteiger partial charge in [0.1, 0.15) is 11.5 Å². The van der Waals surface area contributed by atoms with E-state index >= 15 is 0 Å². The zero-order chi connectivity index (χ0) is 30.5. The van der Waals surface area contributed by atoms with Gasteiger partial charge < -0.3 is 19.8 Å². The Morgan fingerprint density at radius 3 is 1.73 bits per heavy atom. The molecule has 2 aromatic heterocycles. The summed E-state index contributed by atoms with van der Waals surface area (Å²) in [6, 6.07) is 13.4. The van der Waals surface area contributed by atoms with Crippen LogP contribution in [0.1, 0.15) is 22.5 Å². The SMILES string of the molecule is BrB(Br)Br.COc1cccc(Cl)c1CSc1nc(C)cc(=O)[nH]1.Cc1cc(=O)[nH]c(SCc2c(O)cccc2Cl)n1. The summed E-state index contributed by atoms with van der Waals surface area (Å²) in [7, 11) is 1.60. The quantitative estimate of drug-likeness (QED) is 0.0977. The van der Waals surface area contributed by atoms with E-state index in [0.29, 0.717) is 48.8 Å². The van der Waals surface area contributed by atoms with Gasteiger partial charge in [-0.3, -0.25) is 9.59 Å². The second-order valence-electron chi connectivity index (χ2n) is 7.87. The number of ether oxygens (including phenoxy) is 1. The second-order valence-corrected chi connectivity index (χ2v) is 17.0. The Hall–Kier alpha value is -1.42. The highest BCUT2D eigenvalue weighted by molar-refractivity contribution is 9.69. The van der Waals surface area contributed by atoms with Gasteiger partial charge in [0.25, 0.3) is 11.1 Å². The largest absolute Gasteiger partial charge is 0.508 e. The number of H-pyrrole nitrogens is 2. The Morgan fingerprint density at radius 1 is 0.854 bits per heavy atom. The molecule has 16 heteroatoms. The Kier molecular flexibility index (Phi) is 16.0. The zero-order valence-electron chi connectivity index (χ0n) is 21.9. The third-order valence-corrected chi connectivity index (χ3v) is 7.30. The van der Waals surface area contributed by atoms with Gasteiger partial charge in [-0.1, -0.05) is 58.9 Å². The molecule has 0 spiro atoms. The van der Waals surface area contributed by atoms with E-state index < -0.39 is 0 Å². The monoisotopic (exact) mass is 826 g/mol. The lowest BCUT2D eigenvalue weighted by Crippen LogP contribution is -2.08. The first kappa shape index (κ1) is 35.8. The predicted octanol–water partition coefficient (Wildman–Crippen LogP) is 7.92. The van der Waals surface area contributed by atoms with Gasteiger partial charge in [-0.15, -0.1) is 47.3 Å². The number of thioether (sulfide) groups is 2. The number of nitrogens with one attached hydrogen (secondary N) is 2. The van der Waals surface area contributed by atoms with E-state index in [-0.39, 0.29) is 20.1 Å². The molecule has 0 aliphatic rings. The molecule has 218 valence electrons. The lowest BCUT2D eigenvalue weighted by Gasteiger charge is -2.09. The highest BCUT2D eigenvalue weighted by atomic mass is 79.9. The molecule has 2 aromatic carbocycles. The number of hydrogen-bond acceptors (Lipinski definition) is 8. The number of phenolic OH excluding ortho intramolecular Hbond substituents is 1. The molecule has 0 saturated carbocycles. The van der Waals surface area contributed by atoms with Crippen molar-refractivity contribution in [3.8, 4) is 11.5 Å². The molecule has 0 saturated heterocycles. The first-order chi connectivity index (χ1) is 19.4. The Bertz CT molecular complexity index is 1540. The molecule has 0 unspecified atom stereocenters. The fourth-order valence-electron chi connectivity index (χ4n) is 3.08. The minimum Gasteiger partial charge on any atom is -0.508 e. The summed E-state index contributed by atoms with van der Waals surface area (Å²) in [4.78, 5) is 36.4. The molecular formula is C25H24BBr3Cl2N4O4S2. The maximum atomic E-state index is 11.4. The summed E-state index contributed by atoms with van der Waals surface area (Å²) >= 11 is 24.2. The highest BCUT2D eigenvalue weighted by Crippen LogP contribution is 2.32. The Balaban J connectivity index is 0.000000254. The summed E-state index contributed by atoms with van der Waals surface area (Å²) in [6.07, 6.45) is 0. The van der Waals surface area contributed by atoms with E-state index in [4.69, 9.17) is 27.9 Å². The number of phenols is 1. The molecule has 2 heterocycles. The molecule has 4 rings (SSSR count). The number of aryl methyl sites for hydroxylation is 2. The molecule has 0 atom stereocenters. The molecule has 4 aromatic rings. The Labute approximate surface area is 280 Å². The van der Waals surface area contributed by atoms with Crippen LogP contribution in [0.25, 0.3) is 0 Å². The molecule has 0 radical (unpaired) electrons. The van der Waals surface area contributed by atoms with Crippen molar-refractivity contribution in [2.45, 2.75) is 35.7 Å². The maximum Gasteiger partial charge on any atom is 0.369 e. The summed E-state index contributed by atoms with van der Waals surface area (Å²) in [5, 5.41) is 11.9. The lowest BCUT2D eigenvalue weighted by atomic mass is 10.2.